The molecule has 0 aliphatic heterocycles. The van der Waals surface area contributed by atoms with E-state index in [4.69, 9.17) is 0 Å². The SMILES string of the molecule is O=C(c1ccccc1)N(C/C=C/c1cccc2[nH]ccc12)CCC(c1ccccc1)c1ccccc1. The fraction of sp³-hybridized carbons (Fsp3) is 0.121. The Kier molecular flexibility index (Phi) is 7.38. The van der Waals surface area contributed by atoms with Crippen LogP contribution in [0.5, 0.6) is 0 Å². The van der Waals surface area contributed by atoms with E-state index in [0.29, 0.717) is 13.1 Å². The first-order valence-corrected chi connectivity index (χ1v) is 12.5. The van der Waals surface area contributed by atoms with Crippen molar-refractivity contribution >= 4 is 22.9 Å². The molecule has 1 N–H and O–H groups in total. The molecule has 0 bridgehead atoms. The van der Waals surface area contributed by atoms with Gasteiger partial charge in [0.1, 0.15) is 0 Å². The van der Waals surface area contributed by atoms with Crippen molar-refractivity contribution in [3.05, 3.63) is 150 Å². The number of aromatic amines is 1. The summed E-state index contributed by atoms with van der Waals surface area (Å²) in [6, 6.07) is 39.1. The summed E-state index contributed by atoms with van der Waals surface area (Å²) in [5, 5.41) is 1.18. The van der Waals surface area contributed by atoms with Gasteiger partial charge in [-0.3, -0.25) is 4.79 Å². The molecule has 5 rings (SSSR count). The Labute approximate surface area is 212 Å². The second kappa shape index (κ2) is 11.4. The molecule has 0 aliphatic rings. The molecule has 0 spiro atoms. The summed E-state index contributed by atoms with van der Waals surface area (Å²) in [6.45, 7) is 1.20. The van der Waals surface area contributed by atoms with Gasteiger partial charge >= 0.3 is 0 Å². The van der Waals surface area contributed by atoms with Gasteiger partial charge in [0, 0.05) is 41.7 Å². The Balaban J connectivity index is 1.39. The summed E-state index contributed by atoms with van der Waals surface area (Å²) in [4.78, 5) is 18.8. The number of hydrogen-bond acceptors (Lipinski definition) is 1. The lowest BCUT2D eigenvalue weighted by atomic mass is 9.88. The number of aromatic nitrogens is 1. The molecule has 5 aromatic rings. The molecule has 0 atom stereocenters. The Hall–Kier alpha value is -4.37. The highest BCUT2D eigenvalue weighted by Crippen LogP contribution is 2.28. The normalized spacial score (nSPS) is 11.4. The predicted octanol–water partition coefficient (Wildman–Crippen LogP) is 7.55. The average molecular weight is 471 g/mol. The lowest BCUT2D eigenvalue weighted by molar-refractivity contribution is 0.0770. The molecular formula is C33H30N2O. The molecule has 0 unspecified atom stereocenters. The number of carbonyl (C=O) groups excluding carboxylic acids is 1. The van der Waals surface area contributed by atoms with Gasteiger partial charge in [-0.15, -0.1) is 0 Å². The van der Waals surface area contributed by atoms with Gasteiger partial charge in [0.05, 0.1) is 0 Å². The second-order valence-electron chi connectivity index (χ2n) is 8.97. The lowest BCUT2D eigenvalue weighted by Gasteiger charge is -2.25. The smallest absolute Gasteiger partial charge is 0.254 e. The van der Waals surface area contributed by atoms with Crippen LogP contribution in [-0.2, 0) is 0 Å². The van der Waals surface area contributed by atoms with Crippen molar-refractivity contribution < 1.29 is 4.79 Å². The number of H-pyrrole nitrogens is 1. The van der Waals surface area contributed by atoms with Crippen LogP contribution < -0.4 is 0 Å². The minimum Gasteiger partial charge on any atom is -0.361 e. The monoisotopic (exact) mass is 470 g/mol. The van der Waals surface area contributed by atoms with Crippen molar-refractivity contribution in [2.75, 3.05) is 13.1 Å². The molecule has 0 radical (unpaired) electrons. The van der Waals surface area contributed by atoms with E-state index in [0.717, 1.165) is 23.1 Å². The molecule has 1 amide bonds. The van der Waals surface area contributed by atoms with Crippen LogP contribution >= 0.6 is 0 Å². The predicted molar refractivity (Wildman–Crippen MR) is 149 cm³/mol. The summed E-state index contributed by atoms with van der Waals surface area (Å²) in [7, 11) is 0. The Bertz CT molecular complexity index is 1380. The number of hydrogen-bond donors (Lipinski definition) is 1. The van der Waals surface area contributed by atoms with Gasteiger partial charge in [0.25, 0.3) is 5.91 Å². The van der Waals surface area contributed by atoms with Crippen LogP contribution in [-0.4, -0.2) is 28.9 Å². The minimum absolute atomic E-state index is 0.0555. The van der Waals surface area contributed by atoms with Crippen LogP contribution in [0.4, 0.5) is 0 Å². The zero-order valence-electron chi connectivity index (χ0n) is 20.3. The standard InChI is InChI=1S/C33H30N2O/c36-33(29-16-8-3-9-17-29)35(24-11-19-28-18-10-20-32-31(28)21-23-34-32)25-22-30(26-12-4-1-5-13-26)27-14-6-2-7-15-27/h1-21,23,30,34H,22,24-25H2/b19-11+. The third-order valence-electron chi connectivity index (χ3n) is 6.65. The van der Waals surface area contributed by atoms with Crippen LogP contribution in [0.2, 0.25) is 0 Å². The summed E-state index contributed by atoms with van der Waals surface area (Å²) in [6.07, 6.45) is 7.02. The summed E-state index contributed by atoms with van der Waals surface area (Å²) in [5.74, 6) is 0.274. The molecule has 4 aromatic carbocycles. The molecular weight excluding hydrogens is 440 g/mol. The van der Waals surface area contributed by atoms with Crippen LogP contribution in [0.1, 0.15) is 39.4 Å². The third-order valence-corrected chi connectivity index (χ3v) is 6.65. The quantitative estimate of drug-likeness (QED) is 0.237. The third kappa shape index (κ3) is 5.47. The number of nitrogens with zero attached hydrogens (tertiary/aromatic N) is 1. The molecule has 3 heteroatoms. The molecule has 0 saturated carbocycles. The van der Waals surface area contributed by atoms with Crippen molar-refractivity contribution in [2.45, 2.75) is 12.3 Å². The average Bonchev–Trinajstić information content (AvgIpc) is 3.43. The first kappa shape index (κ1) is 23.4. The highest BCUT2D eigenvalue weighted by atomic mass is 16.2. The number of rotatable bonds is 9. The van der Waals surface area contributed by atoms with Gasteiger partial charge in [-0.05, 0) is 47.4 Å². The minimum atomic E-state index is 0.0555. The first-order chi connectivity index (χ1) is 17.8. The summed E-state index contributed by atoms with van der Waals surface area (Å²) in [5.41, 5.74) is 5.51. The molecule has 1 heterocycles. The van der Waals surface area contributed by atoms with E-state index in [2.05, 4.69) is 89.9 Å². The molecule has 36 heavy (non-hydrogen) atoms. The Morgan fingerprint density at radius 3 is 2.06 bits per heavy atom. The van der Waals surface area contributed by atoms with Gasteiger partial charge in [-0.1, -0.05) is 103 Å². The topological polar surface area (TPSA) is 36.1 Å². The number of carbonyl (C=O) groups is 1. The summed E-state index contributed by atoms with van der Waals surface area (Å²) < 4.78 is 0. The molecule has 1 aromatic heterocycles. The van der Waals surface area contributed by atoms with E-state index in [9.17, 15) is 4.79 Å². The van der Waals surface area contributed by atoms with Crippen LogP contribution in [0.3, 0.4) is 0 Å². The molecule has 0 fully saturated rings. The van der Waals surface area contributed by atoms with Crippen LogP contribution in [0.25, 0.3) is 17.0 Å². The van der Waals surface area contributed by atoms with Gasteiger partial charge in [0.2, 0.25) is 0 Å². The van der Waals surface area contributed by atoms with Gasteiger partial charge in [-0.2, -0.15) is 0 Å². The van der Waals surface area contributed by atoms with E-state index in [-0.39, 0.29) is 11.8 Å². The van der Waals surface area contributed by atoms with Gasteiger partial charge in [0.15, 0.2) is 0 Å². The van der Waals surface area contributed by atoms with E-state index in [1.807, 2.05) is 53.6 Å². The van der Waals surface area contributed by atoms with Crippen molar-refractivity contribution in [2.24, 2.45) is 0 Å². The zero-order valence-corrected chi connectivity index (χ0v) is 20.3. The number of benzene rings is 4. The number of nitrogens with one attached hydrogen (secondary N) is 1. The molecule has 3 nitrogen and oxygen atoms in total. The van der Waals surface area contributed by atoms with Gasteiger partial charge in [-0.25, -0.2) is 0 Å². The van der Waals surface area contributed by atoms with Crippen molar-refractivity contribution in [3.8, 4) is 0 Å². The molecule has 0 aliphatic carbocycles. The highest BCUT2D eigenvalue weighted by molar-refractivity contribution is 5.94. The van der Waals surface area contributed by atoms with E-state index in [1.165, 1.54) is 16.5 Å². The maximum Gasteiger partial charge on any atom is 0.254 e. The van der Waals surface area contributed by atoms with Crippen molar-refractivity contribution in [3.63, 3.8) is 0 Å². The van der Waals surface area contributed by atoms with Gasteiger partial charge < -0.3 is 9.88 Å². The zero-order chi connectivity index (χ0) is 24.6. The van der Waals surface area contributed by atoms with Crippen LogP contribution in [0, 0.1) is 0 Å². The largest absolute Gasteiger partial charge is 0.361 e. The summed E-state index contributed by atoms with van der Waals surface area (Å²) >= 11 is 0. The van der Waals surface area contributed by atoms with E-state index < -0.39 is 0 Å². The Morgan fingerprint density at radius 2 is 1.39 bits per heavy atom. The first-order valence-electron chi connectivity index (χ1n) is 12.5. The maximum absolute atomic E-state index is 13.5. The number of amides is 1. The fourth-order valence-electron chi connectivity index (χ4n) is 4.78. The number of fused-ring (bicyclic) bond motifs is 1. The highest BCUT2D eigenvalue weighted by Gasteiger charge is 2.19. The van der Waals surface area contributed by atoms with E-state index in [1.54, 1.807) is 0 Å². The van der Waals surface area contributed by atoms with Crippen molar-refractivity contribution in [1.29, 1.82) is 0 Å². The molecule has 178 valence electrons. The second-order valence-corrected chi connectivity index (χ2v) is 8.97. The Morgan fingerprint density at radius 1 is 0.750 bits per heavy atom. The lowest BCUT2D eigenvalue weighted by Crippen LogP contribution is -2.33. The van der Waals surface area contributed by atoms with Crippen LogP contribution in [0.15, 0.2) is 128 Å². The van der Waals surface area contributed by atoms with E-state index >= 15 is 0 Å². The maximum atomic E-state index is 13.5. The fourth-order valence-corrected chi connectivity index (χ4v) is 4.78. The molecule has 0 saturated heterocycles. The van der Waals surface area contributed by atoms with Crippen molar-refractivity contribution in [1.82, 2.24) is 9.88 Å².